The molecule has 1 aromatic rings. The zero-order valence-corrected chi connectivity index (χ0v) is 10.3. The van der Waals surface area contributed by atoms with Crippen LogP contribution in [-0.4, -0.2) is 28.8 Å². The van der Waals surface area contributed by atoms with Crippen LogP contribution in [-0.2, 0) is 12.8 Å². The molecule has 0 radical (unpaired) electrons. The maximum Gasteiger partial charge on any atom is 0.290 e. The van der Waals surface area contributed by atoms with Crippen molar-refractivity contribution in [1.29, 1.82) is 0 Å². The summed E-state index contributed by atoms with van der Waals surface area (Å²) >= 11 is 0. The largest absolute Gasteiger partial charge is 0.396 e. The highest BCUT2D eigenvalue weighted by molar-refractivity contribution is 5.93. The molecule has 2 aliphatic carbocycles. The molecule has 18 heavy (non-hydrogen) atoms. The van der Waals surface area contributed by atoms with Gasteiger partial charge in [-0.25, -0.2) is 0 Å². The van der Waals surface area contributed by atoms with Crippen molar-refractivity contribution in [2.75, 3.05) is 6.61 Å². The van der Waals surface area contributed by atoms with Gasteiger partial charge in [-0.15, -0.1) is 0 Å². The minimum Gasteiger partial charge on any atom is -0.396 e. The van der Waals surface area contributed by atoms with Crippen LogP contribution in [0.25, 0.3) is 0 Å². The van der Waals surface area contributed by atoms with E-state index in [1.54, 1.807) is 0 Å². The lowest BCUT2D eigenvalue weighted by Gasteiger charge is -2.34. The standard InChI is InChI=1S/C13H18N2O3/c16-7-8-5-9(6-8)14-13(17)12-10-3-1-2-4-11(10)15-18-12/h8-9,16H,1-7H2,(H,14,17). The molecule has 0 aliphatic heterocycles. The molecule has 3 rings (SSSR count). The van der Waals surface area contributed by atoms with Gasteiger partial charge in [-0.3, -0.25) is 4.79 Å². The zero-order valence-electron chi connectivity index (χ0n) is 10.3. The highest BCUT2D eigenvalue weighted by atomic mass is 16.5. The molecular weight excluding hydrogens is 232 g/mol. The van der Waals surface area contributed by atoms with Crippen molar-refractivity contribution in [3.05, 3.63) is 17.0 Å². The summed E-state index contributed by atoms with van der Waals surface area (Å²) < 4.78 is 5.19. The normalized spacial score (nSPS) is 26.3. The summed E-state index contributed by atoms with van der Waals surface area (Å²) in [7, 11) is 0. The van der Waals surface area contributed by atoms with Crippen LogP contribution in [0.4, 0.5) is 0 Å². The highest BCUT2D eigenvalue weighted by Gasteiger charge is 2.32. The summed E-state index contributed by atoms with van der Waals surface area (Å²) in [6.07, 6.45) is 5.76. The van der Waals surface area contributed by atoms with Crippen LogP contribution >= 0.6 is 0 Å². The third-order valence-corrected chi connectivity index (χ3v) is 4.00. The second-order valence-electron chi connectivity index (χ2n) is 5.33. The van der Waals surface area contributed by atoms with Crippen LogP contribution in [0.2, 0.25) is 0 Å². The summed E-state index contributed by atoms with van der Waals surface area (Å²) in [5.41, 5.74) is 1.95. The molecule has 2 N–H and O–H groups in total. The fourth-order valence-electron chi connectivity index (χ4n) is 2.82. The molecule has 5 nitrogen and oxygen atoms in total. The first-order chi connectivity index (χ1) is 8.78. The van der Waals surface area contributed by atoms with Crippen molar-refractivity contribution in [3.8, 4) is 0 Å². The van der Waals surface area contributed by atoms with Gasteiger partial charge in [0.2, 0.25) is 5.76 Å². The average molecular weight is 250 g/mol. The third-order valence-electron chi connectivity index (χ3n) is 4.00. The second kappa shape index (κ2) is 4.72. The monoisotopic (exact) mass is 250 g/mol. The van der Waals surface area contributed by atoms with Gasteiger partial charge in [0.25, 0.3) is 5.91 Å². The fourth-order valence-corrected chi connectivity index (χ4v) is 2.82. The lowest BCUT2D eigenvalue weighted by atomic mass is 9.81. The molecule has 1 saturated carbocycles. The molecule has 2 aliphatic rings. The molecule has 5 heteroatoms. The molecule has 0 unspecified atom stereocenters. The number of carbonyl (C=O) groups excluding carboxylic acids is 1. The first kappa shape index (κ1) is 11.7. The average Bonchev–Trinajstić information content (AvgIpc) is 2.76. The van der Waals surface area contributed by atoms with E-state index in [2.05, 4.69) is 10.5 Å². The number of fused-ring (bicyclic) bond motifs is 1. The summed E-state index contributed by atoms with van der Waals surface area (Å²) in [5, 5.41) is 15.9. The smallest absolute Gasteiger partial charge is 0.290 e. The maximum atomic E-state index is 12.1. The second-order valence-corrected chi connectivity index (χ2v) is 5.33. The molecule has 1 amide bonds. The van der Waals surface area contributed by atoms with Crippen LogP contribution in [0.15, 0.2) is 4.52 Å². The Morgan fingerprint density at radius 2 is 2.17 bits per heavy atom. The van der Waals surface area contributed by atoms with Crippen LogP contribution < -0.4 is 5.32 Å². The molecular formula is C13H18N2O3. The van der Waals surface area contributed by atoms with Crippen LogP contribution in [0.3, 0.4) is 0 Å². The number of aromatic nitrogens is 1. The summed E-state index contributed by atoms with van der Waals surface area (Å²) in [6, 6.07) is 0.180. The Kier molecular flexibility index (Phi) is 3.07. The first-order valence-electron chi connectivity index (χ1n) is 6.67. The summed E-state index contributed by atoms with van der Waals surface area (Å²) in [6.45, 7) is 0.212. The van der Waals surface area contributed by atoms with Crippen LogP contribution in [0.1, 0.15) is 47.5 Å². The zero-order chi connectivity index (χ0) is 12.5. The Bertz CT molecular complexity index is 449. The lowest BCUT2D eigenvalue weighted by molar-refractivity contribution is 0.0797. The first-order valence-corrected chi connectivity index (χ1v) is 6.67. The van der Waals surface area contributed by atoms with E-state index in [1.807, 2.05) is 0 Å². The van der Waals surface area contributed by atoms with E-state index < -0.39 is 0 Å². The Morgan fingerprint density at radius 3 is 2.94 bits per heavy atom. The van der Waals surface area contributed by atoms with Crippen LogP contribution in [0.5, 0.6) is 0 Å². The predicted octanol–water partition coefficient (Wildman–Crippen LogP) is 1.05. The topological polar surface area (TPSA) is 75.4 Å². The lowest BCUT2D eigenvalue weighted by Crippen LogP contribution is -2.45. The van der Waals surface area contributed by atoms with Crippen molar-refractivity contribution in [2.45, 2.75) is 44.6 Å². The maximum absolute atomic E-state index is 12.1. The van der Waals surface area contributed by atoms with Crippen molar-refractivity contribution in [3.63, 3.8) is 0 Å². The molecule has 1 aromatic heterocycles. The number of amides is 1. The molecule has 0 atom stereocenters. The number of hydrogen-bond donors (Lipinski definition) is 2. The Hall–Kier alpha value is -1.36. The van der Waals surface area contributed by atoms with Gasteiger partial charge >= 0.3 is 0 Å². The number of aliphatic hydroxyl groups excluding tert-OH is 1. The van der Waals surface area contributed by atoms with E-state index in [-0.39, 0.29) is 18.6 Å². The van der Waals surface area contributed by atoms with E-state index in [0.717, 1.165) is 49.8 Å². The quantitative estimate of drug-likeness (QED) is 0.841. The van der Waals surface area contributed by atoms with Crippen molar-refractivity contribution >= 4 is 5.91 Å². The van der Waals surface area contributed by atoms with Crippen molar-refractivity contribution in [1.82, 2.24) is 10.5 Å². The van der Waals surface area contributed by atoms with Gasteiger partial charge in [-0.05, 0) is 44.4 Å². The number of aryl methyl sites for hydroxylation is 1. The molecule has 1 fully saturated rings. The van der Waals surface area contributed by atoms with Gasteiger partial charge < -0.3 is 14.9 Å². The minimum absolute atomic E-state index is 0.146. The highest BCUT2D eigenvalue weighted by Crippen LogP contribution is 2.28. The van der Waals surface area contributed by atoms with Gasteiger partial charge in [0.1, 0.15) is 0 Å². The number of aliphatic hydroxyl groups is 1. The number of rotatable bonds is 3. The third kappa shape index (κ3) is 2.03. The SMILES string of the molecule is O=C(NC1CC(CO)C1)c1onc2c1CCCC2. The predicted molar refractivity (Wildman–Crippen MR) is 64.2 cm³/mol. The number of carbonyl (C=O) groups is 1. The van der Waals surface area contributed by atoms with Crippen molar-refractivity contribution < 1.29 is 14.4 Å². The molecule has 0 aromatic carbocycles. The van der Waals surface area contributed by atoms with E-state index >= 15 is 0 Å². The van der Waals surface area contributed by atoms with Gasteiger partial charge in [-0.2, -0.15) is 0 Å². The van der Waals surface area contributed by atoms with Gasteiger partial charge in [0, 0.05) is 18.2 Å². The van der Waals surface area contributed by atoms with Crippen molar-refractivity contribution in [2.24, 2.45) is 5.92 Å². The molecule has 0 spiro atoms. The fraction of sp³-hybridized carbons (Fsp3) is 0.692. The molecule has 98 valence electrons. The summed E-state index contributed by atoms with van der Waals surface area (Å²) in [5.74, 6) is 0.600. The van der Waals surface area contributed by atoms with Gasteiger partial charge in [-0.1, -0.05) is 5.16 Å². The number of hydrogen-bond acceptors (Lipinski definition) is 4. The molecule has 1 heterocycles. The minimum atomic E-state index is -0.146. The van der Waals surface area contributed by atoms with E-state index in [1.165, 1.54) is 0 Å². The van der Waals surface area contributed by atoms with Gasteiger partial charge in [0.05, 0.1) is 5.69 Å². The number of nitrogens with zero attached hydrogens (tertiary/aromatic N) is 1. The van der Waals surface area contributed by atoms with Crippen LogP contribution in [0, 0.1) is 5.92 Å². The Morgan fingerprint density at radius 1 is 1.39 bits per heavy atom. The molecule has 0 saturated heterocycles. The number of nitrogens with one attached hydrogen (secondary N) is 1. The Balaban J connectivity index is 1.64. The van der Waals surface area contributed by atoms with Gasteiger partial charge in [0.15, 0.2) is 0 Å². The Labute approximate surface area is 106 Å². The molecule has 0 bridgehead atoms. The van der Waals surface area contributed by atoms with E-state index in [9.17, 15) is 4.79 Å². The summed E-state index contributed by atoms with van der Waals surface area (Å²) in [4.78, 5) is 12.1. The van der Waals surface area contributed by atoms with E-state index in [4.69, 9.17) is 9.63 Å². The van der Waals surface area contributed by atoms with E-state index in [0.29, 0.717) is 11.7 Å².